The zero-order chi connectivity index (χ0) is 22.0. The first-order valence-electron chi connectivity index (χ1n) is 10.8. The Labute approximate surface area is 191 Å². The van der Waals surface area contributed by atoms with E-state index in [1.54, 1.807) is 12.4 Å². The van der Waals surface area contributed by atoms with Crippen molar-refractivity contribution in [2.45, 2.75) is 0 Å². The van der Waals surface area contributed by atoms with Crippen molar-refractivity contribution in [3.05, 3.63) is 116 Å². The summed E-state index contributed by atoms with van der Waals surface area (Å²) in [6, 6.07) is 30.7. The minimum absolute atomic E-state index is 0.613. The molecule has 0 radical (unpaired) electrons. The molecular weight excluding hydrogens is 406 g/mol. The molecule has 0 saturated heterocycles. The molecule has 6 aromatic rings. The van der Waals surface area contributed by atoms with E-state index in [1.807, 2.05) is 54.9 Å². The van der Waals surface area contributed by atoms with Gasteiger partial charge in [0.2, 0.25) is 5.89 Å². The van der Waals surface area contributed by atoms with Crippen LogP contribution in [-0.4, -0.2) is 15.0 Å². The van der Waals surface area contributed by atoms with Crippen LogP contribution in [0.2, 0.25) is 0 Å². The monoisotopic (exact) mass is 425 g/mol. The lowest BCUT2D eigenvalue weighted by molar-refractivity contribution is 0.620. The van der Waals surface area contributed by atoms with Crippen LogP contribution >= 0.6 is 0 Å². The molecule has 0 bridgehead atoms. The molecule has 0 aliphatic carbocycles. The maximum atomic E-state index is 6.12. The lowest BCUT2D eigenvalue weighted by Crippen LogP contribution is -1.83. The molecule has 0 saturated carbocycles. The molecule has 3 aromatic carbocycles. The number of oxazole rings is 1. The average Bonchev–Trinajstić information content (AvgIpc) is 3.35. The zero-order valence-corrected chi connectivity index (χ0v) is 17.7. The van der Waals surface area contributed by atoms with E-state index >= 15 is 0 Å². The molecule has 0 fully saturated rings. The molecule has 0 amide bonds. The summed E-state index contributed by atoms with van der Waals surface area (Å²) in [5, 5.41) is 0. The zero-order valence-electron chi connectivity index (χ0n) is 17.7. The quantitative estimate of drug-likeness (QED) is 0.298. The first-order chi connectivity index (χ1) is 16.3. The molecule has 156 valence electrons. The third-order valence-corrected chi connectivity index (χ3v) is 5.74. The van der Waals surface area contributed by atoms with Crippen molar-refractivity contribution in [1.29, 1.82) is 0 Å². The summed E-state index contributed by atoms with van der Waals surface area (Å²) in [5.41, 5.74) is 9.14. The maximum absolute atomic E-state index is 6.12. The number of hydrogen-bond acceptors (Lipinski definition) is 4. The van der Waals surface area contributed by atoms with E-state index in [2.05, 4.69) is 58.5 Å². The predicted molar refractivity (Wildman–Crippen MR) is 131 cm³/mol. The lowest BCUT2D eigenvalue weighted by Gasteiger charge is -2.05. The molecule has 4 nitrogen and oxygen atoms in total. The largest absolute Gasteiger partial charge is 0.436 e. The van der Waals surface area contributed by atoms with Gasteiger partial charge in [-0.25, -0.2) is 4.98 Å². The number of rotatable bonds is 4. The summed E-state index contributed by atoms with van der Waals surface area (Å²) in [7, 11) is 0. The molecule has 6 rings (SSSR count). The Morgan fingerprint density at radius 1 is 0.485 bits per heavy atom. The number of nitrogens with zero attached hydrogens (tertiary/aromatic N) is 3. The van der Waals surface area contributed by atoms with Crippen LogP contribution in [0.25, 0.3) is 55.9 Å². The summed E-state index contributed by atoms with van der Waals surface area (Å²) in [4.78, 5) is 13.3. The van der Waals surface area contributed by atoms with Crippen molar-refractivity contribution < 1.29 is 4.42 Å². The highest BCUT2D eigenvalue weighted by Crippen LogP contribution is 2.33. The summed E-state index contributed by atoms with van der Waals surface area (Å²) in [6.07, 6.45) is 7.30. The van der Waals surface area contributed by atoms with E-state index in [-0.39, 0.29) is 0 Å². The van der Waals surface area contributed by atoms with E-state index in [0.717, 1.165) is 50.0 Å². The second-order valence-corrected chi connectivity index (χ2v) is 7.81. The summed E-state index contributed by atoms with van der Waals surface area (Å²) >= 11 is 0. The fourth-order valence-corrected chi connectivity index (χ4v) is 4.02. The smallest absolute Gasteiger partial charge is 0.227 e. The second-order valence-electron chi connectivity index (χ2n) is 7.81. The first kappa shape index (κ1) is 19.1. The molecule has 0 spiro atoms. The van der Waals surface area contributed by atoms with Crippen LogP contribution in [0.5, 0.6) is 0 Å². The van der Waals surface area contributed by atoms with Crippen LogP contribution in [0.4, 0.5) is 0 Å². The van der Waals surface area contributed by atoms with Gasteiger partial charge in [-0.1, -0.05) is 60.7 Å². The number of hydrogen-bond donors (Lipinski definition) is 0. The van der Waals surface area contributed by atoms with Crippen LogP contribution in [0.1, 0.15) is 0 Å². The molecule has 0 aliphatic heterocycles. The van der Waals surface area contributed by atoms with Crippen molar-refractivity contribution in [3.63, 3.8) is 0 Å². The third-order valence-electron chi connectivity index (χ3n) is 5.74. The van der Waals surface area contributed by atoms with E-state index in [0.29, 0.717) is 5.89 Å². The van der Waals surface area contributed by atoms with Crippen LogP contribution in [-0.2, 0) is 0 Å². The van der Waals surface area contributed by atoms with Gasteiger partial charge in [-0.05, 0) is 58.1 Å². The topological polar surface area (TPSA) is 51.8 Å². The van der Waals surface area contributed by atoms with E-state index in [9.17, 15) is 0 Å². The molecule has 0 aliphatic rings. The number of fused-ring (bicyclic) bond motifs is 1. The SMILES string of the molecule is c1cncc(-c2ccc(-c3nc4c(-c5ccc(-c6cccnc6)cc5)cccc4o3)cc2)c1. The fourth-order valence-electron chi connectivity index (χ4n) is 4.02. The Balaban J connectivity index is 1.35. The van der Waals surface area contributed by atoms with Crippen LogP contribution in [0, 0.1) is 0 Å². The molecule has 33 heavy (non-hydrogen) atoms. The lowest BCUT2D eigenvalue weighted by atomic mass is 10.0. The Hall–Kier alpha value is -4.57. The highest BCUT2D eigenvalue weighted by Gasteiger charge is 2.13. The van der Waals surface area contributed by atoms with Gasteiger partial charge in [0.15, 0.2) is 5.58 Å². The van der Waals surface area contributed by atoms with Crippen molar-refractivity contribution in [2.24, 2.45) is 0 Å². The standard InChI is InChI=1S/C29H19N3O/c1-6-26(22-12-8-20(9-13-22)24-4-2-16-30-18-24)28-27(7-1)33-29(32-28)23-14-10-21(11-15-23)25-5-3-17-31-19-25/h1-19H. The Kier molecular flexibility index (Phi) is 4.74. The van der Waals surface area contributed by atoms with Crippen molar-refractivity contribution >= 4 is 11.1 Å². The average molecular weight is 425 g/mol. The van der Waals surface area contributed by atoms with Crippen LogP contribution in [0.15, 0.2) is 120 Å². The Morgan fingerprint density at radius 3 is 1.64 bits per heavy atom. The maximum Gasteiger partial charge on any atom is 0.227 e. The van der Waals surface area contributed by atoms with E-state index in [4.69, 9.17) is 9.40 Å². The molecule has 3 heterocycles. The number of pyridine rings is 2. The van der Waals surface area contributed by atoms with Crippen molar-refractivity contribution in [1.82, 2.24) is 15.0 Å². The predicted octanol–water partition coefficient (Wildman–Crippen LogP) is 7.29. The number of aromatic nitrogens is 3. The highest BCUT2D eigenvalue weighted by molar-refractivity contribution is 5.92. The van der Waals surface area contributed by atoms with Gasteiger partial charge < -0.3 is 4.42 Å². The van der Waals surface area contributed by atoms with Gasteiger partial charge in [0.1, 0.15) is 5.52 Å². The Morgan fingerprint density at radius 2 is 1.06 bits per heavy atom. The molecule has 0 N–H and O–H groups in total. The van der Waals surface area contributed by atoms with Gasteiger partial charge in [-0.2, -0.15) is 0 Å². The highest BCUT2D eigenvalue weighted by atomic mass is 16.3. The molecule has 3 aromatic heterocycles. The molecule has 0 atom stereocenters. The minimum atomic E-state index is 0.613. The minimum Gasteiger partial charge on any atom is -0.436 e. The van der Waals surface area contributed by atoms with Crippen molar-refractivity contribution in [2.75, 3.05) is 0 Å². The van der Waals surface area contributed by atoms with Gasteiger partial charge in [0, 0.05) is 35.9 Å². The van der Waals surface area contributed by atoms with E-state index < -0.39 is 0 Å². The fraction of sp³-hybridized carbons (Fsp3) is 0. The van der Waals surface area contributed by atoms with Gasteiger partial charge in [-0.3, -0.25) is 9.97 Å². The van der Waals surface area contributed by atoms with Gasteiger partial charge in [-0.15, -0.1) is 0 Å². The van der Waals surface area contributed by atoms with Gasteiger partial charge in [0.05, 0.1) is 0 Å². The molecular formula is C29H19N3O. The summed E-state index contributed by atoms with van der Waals surface area (Å²) in [5.74, 6) is 0.613. The third kappa shape index (κ3) is 3.68. The van der Waals surface area contributed by atoms with Gasteiger partial charge >= 0.3 is 0 Å². The van der Waals surface area contributed by atoms with Gasteiger partial charge in [0.25, 0.3) is 0 Å². The number of para-hydroxylation sites is 1. The Bertz CT molecular complexity index is 1520. The molecule has 0 unspecified atom stereocenters. The number of benzene rings is 3. The van der Waals surface area contributed by atoms with Crippen LogP contribution in [0.3, 0.4) is 0 Å². The van der Waals surface area contributed by atoms with Crippen molar-refractivity contribution in [3.8, 4) is 44.8 Å². The first-order valence-corrected chi connectivity index (χ1v) is 10.8. The second kappa shape index (κ2) is 8.17. The normalized spacial score (nSPS) is 11.0. The summed E-state index contributed by atoms with van der Waals surface area (Å²) in [6.45, 7) is 0. The van der Waals surface area contributed by atoms with Crippen LogP contribution < -0.4 is 0 Å². The molecule has 4 heteroatoms. The summed E-state index contributed by atoms with van der Waals surface area (Å²) < 4.78 is 6.12. The van der Waals surface area contributed by atoms with E-state index in [1.165, 1.54) is 0 Å².